The van der Waals surface area contributed by atoms with Gasteiger partial charge in [-0.2, -0.15) is 0 Å². The fraction of sp³-hybridized carbons (Fsp3) is 0.0556. The second kappa shape index (κ2) is 5.04. The van der Waals surface area contributed by atoms with Crippen molar-refractivity contribution in [3.05, 3.63) is 59.8 Å². The Bertz CT molecular complexity index is 991. The number of rotatable bonds is 2. The average molecular weight is 309 g/mol. The maximum absolute atomic E-state index is 6.41. The number of nitrogens with zero attached hydrogens (tertiary/aromatic N) is 1. The van der Waals surface area contributed by atoms with Crippen LogP contribution in [0.25, 0.3) is 33.1 Å². The fourth-order valence-corrected chi connectivity index (χ4v) is 2.97. The third-order valence-electron chi connectivity index (χ3n) is 3.83. The molecule has 0 aliphatic carbocycles. The number of H-pyrrole nitrogens is 1. The summed E-state index contributed by atoms with van der Waals surface area (Å²) in [6.45, 7) is 0. The van der Waals surface area contributed by atoms with Gasteiger partial charge in [-0.25, -0.2) is 4.98 Å². The molecule has 4 rings (SSSR count). The Balaban J connectivity index is 1.98. The molecule has 0 aliphatic heterocycles. The first kappa shape index (κ1) is 13.2. The molecule has 4 aromatic rings. The summed E-state index contributed by atoms with van der Waals surface area (Å²) in [7, 11) is 1.67. The SMILES string of the molecule is COc1ccc2[nH]cc(-c3cc(Cl)c4ccccc4n3)c2c1. The predicted molar refractivity (Wildman–Crippen MR) is 90.6 cm³/mol. The van der Waals surface area contributed by atoms with E-state index in [0.29, 0.717) is 5.02 Å². The molecule has 0 radical (unpaired) electrons. The summed E-state index contributed by atoms with van der Waals surface area (Å²) in [5.41, 5.74) is 3.80. The van der Waals surface area contributed by atoms with Crippen LogP contribution in [0.4, 0.5) is 0 Å². The highest BCUT2D eigenvalue weighted by molar-refractivity contribution is 6.35. The fourth-order valence-electron chi connectivity index (χ4n) is 2.71. The monoisotopic (exact) mass is 308 g/mol. The number of hydrogen-bond acceptors (Lipinski definition) is 2. The van der Waals surface area contributed by atoms with Crippen molar-refractivity contribution in [3.63, 3.8) is 0 Å². The van der Waals surface area contributed by atoms with Crippen molar-refractivity contribution in [3.8, 4) is 17.0 Å². The molecule has 2 aromatic carbocycles. The number of ether oxygens (including phenoxy) is 1. The van der Waals surface area contributed by atoms with Gasteiger partial charge in [0.2, 0.25) is 0 Å². The van der Waals surface area contributed by atoms with Crippen molar-refractivity contribution >= 4 is 33.4 Å². The predicted octanol–water partition coefficient (Wildman–Crippen LogP) is 5.05. The number of pyridine rings is 1. The minimum atomic E-state index is 0.706. The number of aromatic amines is 1. The Kier molecular flexibility index (Phi) is 3.01. The van der Waals surface area contributed by atoms with Gasteiger partial charge in [0.15, 0.2) is 0 Å². The molecule has 2 aromatic heterocycles. The Morgan fingerprint density at radius 1 is 1.05 bits per heavy atom. The molecule has 0 amide bonds. The first-order valence-corrected chi connectivity index (χ1v) is 7.35. The Hall–Kier alpha value is -2.52. The molecule has 0 saturated carbocycles. The van der Waals surface area contributed by atoms with Crippen LogP contribution in [0.1, 0.15) is 0 Å². The normalized spacial score (nSPS) is 11.2. The van der Waals surface area contributed by atoms with E-state index in [0.717, 1.165) is 38.8 Å². The van der Waals surface area contributed by atoms with Crippen LogP contribution in [0.15, 0.2) is 54.7 Å². The lowest BCUT2D eigenvalue weighted by Crippen LogP contribution is -1.86. The summed E-state index contributed by atoms with van der Waals surface area (Å²) < 4.78 is 5.32. The van der Waals surface area contributed by atoms with E-state index in [1.165, 1.54) is 0 Å². The molecule has 0 bridgehead atoms. The molecule has 0 spiro atoms. The van der Waals surface area contributed by atoms with Gasteiger partial charge in [-0.15, -0.1) is 0 Å². The first-order chi connectivity index (χ1) is 10.8. The molecule has 0 aliphatic rings. The van der Waals surface area contributed by atoms with E-state index in [9.17, 15) is 0 Å². The van der Waals surface area contributed by atoms with Gasteiger partial charge in [0, 0.05) is 28.0 Å². The second-order valence-electron chi connectivity index (χ2n) is 5.12. The van der Waals surface area contributed by atoms with Crippen LogP contribution in [0.5, 0.6) is 5.75 Å². The zero-order valence-electron chi connectivity index (χ0n) is 11.9. The number of aromatic nitrogens is 2. The summed E-state index contributed by atoms with van der Waals surface area (Å²) in [5, 5.41) is 2.74. The maximum Gasteiger partial charge on any atom is 0.119 e. The van der Waals surface area contributed by atoms with E-state index in [1.54, 1.807) is 7.11 Å². The van der Waals surface area contributed by atoms with Gasteiger partial charge in [0.05, 0.1) is 23.3 Å². The van der Waals surface area contributed by atoms with E-state index >= 15 is 0 Å². The third kappa shape index (κ3) is 2.02. The van der Waals surface area contributed by atoms with Crippen LogP contribution in [0.3, 0.4) is 0 Å². The number of methoxy groups -OCH3 is 1. The van der Waals surface area contributed by atoms with E-state index in [1.807, 2.05) is 54.7 Å². The summed E-state index contributed by atoms with van der Waals surface area (Å²) in [4.78, 5) is 8.01. The zero-order valence-corrected chi connectivity index (χ0v) is 12.7. The molecular formula is C18H13ClN2O. The van der Waals surface area contributed by atoms with Gasteiger partial charge in [-0.3, -0.25) is 0 Å². The Morgan fingerprint density at radius 2 is 1.91 bits per heavy atom. The van der Waals surface area contributed by atoms with Crippen LogP contribution < -0.4 is 4.74 Å². The molecule has 2 heterocycles. The lowest BCUT2D eigenvalue weighted by molar-refractivity contribution is 0.415. The van der Waals surface area contributed by atoms with Crippen molar-refractivity contribution in [1.29, 1.82) is 0 Å². The van der Waals surface area contributed by atoms with Crippen molar-refractivity contribution < 1.29 is 4.74 Å². The highest BCUT2D eigenvalue weighted by Gasteiger charge is 2.11. The molecule has 108 valence electrons. The summed E-state index contributed by atoms with van der Waals surface area (Å²) in [6, 6.07) is 15.7. The van der Waals surface area contributed by atoms with Gasteiger partial charge in [0.25, 0.3) is 0 Å². The Morgan fingerprint density at radius 3 is 2.77 bits per heavy atom. The molecule has 0 fully saturated rings. The van der Waals surface area contributed by atoms with Crippen LogP contribution in [0.2, 0.25) is 5.02 Å². The summed E-state index contributed by atoms with van der Waals surface area (Å²) >= 11 is 6.41. The van der Waals surface area contributed by atoms with Crippen molar-refractivity contribution in [2.75, 3.05) is 7.11 Å². The molecule has 4 heteroatoms. The number of fused-ring (bicyclic) bond motifs is 2. The Labute approximate surface area is 132 Å². The van der Waals surface area contributed by atoms with Crippen LogP contribution in [-0.2, 0) is 0 Å². The van der Waals surface area contributed by atoms with Crippen molar-refractivity contribution in [2.24, 2.45) is 0 Å². The van der Waals surface area contributed by atoms with Gasteiger partial charge in [-0.05, 0) is 30.3 Å². The number of halogens is 1. The number of para-hydroxylation sites is 1. The zero-order chi connectivity index (χ0) is 15.1. The van der Waals surface area contributed by atoms with Crippen molar-refractivity contribution in [2.45, 2.75) is 0 Å². The first-order valence-electron chi connectivity index (χ1n) is 6.97. The van der Waals surface area contributed by atoms with Gasteiger partial charge in [0.1, 0.15) is 5.75 Å². The molecular weight excluding hydrogens is 296 g/mol. The third-order valence-corrected chi connectivity index (χ3v) is 4.14. The van der Waals surface area contributed by atoms with Crippen LogP contribution in [-0.4, -0.2) is 17.1 Å². The van der Waals surface area contributed by atoms with Crippen LogP contribution in [0, 0.1) is 0 Å². The van der Waals surface area contributed by atoms with Crippen LogP contribution >= 0.6 is 11.6 Å². The molecule has 0 atom stereocenters. The number of benzene rings is 2. The molecule has 22 heavy (non-hydrogen) atoms. The number of hydrogen-bond donors (Lipinski definition) is 1. The largest absolute Gasteiger partial charge is 0.497 e. The topological polar surface area (TPSA) is 37.9 Å². The molecule has 0 saturated heterocycles. The highest BCUT2D eigenvalue weighted by atomic mass is 35.5. The average Bonchev–Trinajstić information content (AvgIpc) is 2.97. The summed E-state index contributed by atoms with van der Waals surface area (Å²) in [6.07, 6.45) is 1.96. The lowest BCUT2D eigenvalue weighted by Gasteiger charge is -2.05. The molecule has 3 nitrogen and oxygen atoms in total. The molecule has 1 N–H and O–H groups in total. The van der Waals surface area contributed by atoms with E-state index < -0.39 is 0 Å². The quantitative estimate of drug-likeness (QED) is 0.563. The minimum absolute atomic E-state index is 0.706. The van der Waals surface area contributed by atoms with E-state index in [-0.39, 0.29) is 0 Å². The molecule has 0 unspecified atom stereocenters. The second-order valence-corrected chi connectivity index (χ2v) is 5.53. The van der Waals surface area contributed by atoms with E-state index in [4.69, 9.17) is 21.3 Å². The van der Waals surface area contributed by atoms with E-state index in [2.05, 4.69) is 4.98 Å². The smallest absolute Gasteiger partial charge is 0.119 e. The van der Waals surface area contributed by atoms with Crippen molar-refractivity contribution in [1.82, 2.24) is 9.97 Å². The van der Waals surface area contributed by atoms with Gasteiger partial charge in [-0.1, -0.05) is 29.8 Å². The highest BCUT2D eigenvalue weighted by Crippen LogP contribution is 2.33. The number of nitrogens with one attached hydrogen (secondary N) is 1. The standard InChI is InChI=1S/C18H13ClN2O/c1-22-11-6-7-16-13(8-11)14(10-20-16)18-9-15(19)12-4-2-3-5-17(12)21-18/h2-10,20H,1H3. The summed E-state index contributed by atoms with van der Waals surface area (Å²) in [5.74, 6) is 0.820. The minimum Gasteiger partial charge on any atom is -0.497 e. The van der Waals surface area contributed by atoms with Gasteiger partial charge >= 0.3 is 0 Å². The lowest BCUT2D eigenvalue weighted by atomic mass is 10.1. The maximum atomic E-state index is 6.41. The van der Waals surface area contributed by atoms with Gasteiger partial charge < -0.3 is 9.72 Å².